The summed E-state index contributed by atoms with van der Waals surface area (Å²) in [4.78, 5) is 0. The summed E-state index contributed by atoms with van der Waals surface area (Å²) in [6, 6.07) is 0. The summed E-state index contributed by atoms with van der Waals surface area (Å²) in [5.74, 6) is 0. The van der Waals surface area contributed by atoms with Crippen molar-refractivity contribution in [2.24, 2.45) is 0 Å². The van der Waals surface area contributed by atoms with E-state index in [0.29, 0.717) is 0 Å². The van der Waals surface area contributed by atoms with Gasteiger partial charge in [-0.25, -0.2) is 0 Å². The molecule has 0 aliphatic rings. The molecule has 0 heterocycles. The number of rotatable bonds is 11. The minimum atomic E-state index is 0.941. The Hall–Kier alpha value is -0.0400. The third-order valence-electron chi connectivity index (χ3n) is 2.49. The van der Waals surface area contributed by atoms with Crippen LogP contribution in [0.15, 0.2) is 0 Å². The van der Waals surface area contributed by atoms with Crippen LogP contribution in [0.1, 0.15) is 71.6 Å². The molecule has 0 fully saturated rings. The van der Waals surface area contributed by atoms with E-state index in [4.69, 9.17) is 4.74 Å². The highest BCUT2D eigenvalue weighted by Crippen LogP contribution is 2.08. The van der Waals surface area contributed by atoms with E-state index in [9.17, 15) is 0 Å². The Morgan fingerprint density at radius 3 is 1.71 bits per heavy atom. The molecule has 0 atom stereocenters. The van der Waals surface area contributed by atoms with Crippen LogP contribution in [-0.4, -0.2) is 13.2 Å². The van der Waals surface area contributed by atoms with Crippen LogP contribution in [0.5, 0.6) is 0 Å². The zero-order valence-corrected chi connectivity index (χ0v) is 10.2. The summed E-state index contributed by atoms with van der Waals surface area (Å²) in [6.45, 7) is 6.35. The predicted octanol–water partition coefficient (Wildman–Crippen LogP) is 4.55. The zero-order valence-electron chi connectivity index (χ0n) is 10.2. The normalized spacial score (nSPS) is 10.7. The van der Waals surface area contributed by atoms with Gasteiger partial charge in [-0.05, 0) is 12.8 Å². The predicted molar refractivity (Wildman–Crippen MR) is 63.7 cm³/mol. The average molecular weight is 200 g/mol. The lowest BCUT2D eigenvalue weighted by molar-refractivity contribution is 0.130. The topological polar surface area (TPSA) is 9.23 Å². The molecule has 0 amide bonds. The van der Waals surface area contributed by atoms with Crippen LogP contribution in [0.4, 0.5) is 0 Å². The second kappa shape index (κ2) is 13.0. The molecule has 0 bridgehead atoms. The van der Waals surface area contributed by atoms with Crippen LogP contribution in [0.25, 0.3) is 0 Å². The lowest BCUT2D eigenvalue weighted by Gasteiger charge is -2.02. The molecule has 0 saturated heterocycles. The van der Waals surface area contributed by atoms with Crippen molar-refractivity contribution in [2.75, 3.05) is 13.2 Å². The van der Waals surface area contributed by atoms with Gasteiger partial charge in [0.1, 0.15) is 0 Å². The van der Waals surface area contributed by atoms with E-state index in [1.807, 2.05) is 0 Å². The van der Waals surface area contributed by atoms with Crippen molar-refractivity contribution in [3.63, 3.8) is 0 Å². The molecule has 86 valence electrons. The second-order valence-electron chi connectivity index (χ2n) is 4.09. The number of hydrogen-bond acceptors (Lipinski definition) is 1. The molecule has 0 spiro atoms. The first-order chi connectivity index (χ1) is 6.91. The van der Waals surface area contributed by atoms with Crippen LogP contribution in [-0.2, 0) is 4.74 Å². The third kappa shape index (κ3) is 12.0. The Bertz CT molecular complexity index is 79.2. The van der Waals surface area contributed by atoms with Crippen LogP contribution >= 0.6 is 0 Å². The maximum absolute atomic E-state index is 5.43. The number of unbranched alkanes of at least 4 members (excludes halogenated alkanes) is 7. The van der Waals surface area contributed by atoms with Gasteiger partial charge in [0.05, 0.1) is 0 Å². The van der Waals surface area contributed by atoms with E-state index in [1.54, 1.807) is 0 Å². The van der Waals surface area contributed by atoms with Crippen molar-refractivity contribution in [2.45, 2.75) is 71.6 Å². The first kappa shape index (κ1) is 14.0. The molecule has 0 radical (unpaired) electrons. The molecule has 0 N–H and O–H groups in total. The molecule has 0 saturated carbocycles. The Morgan fingerprint density at radius 1 is 0.571 bits per heavy atom. The number of hydrogen-bond donors (Lipinski definition) is 0. The highest BCUT2D eigenvalue weighted by molar-refractivity contribution is 4.45. The minimum Gasteiger partial charge on any atom is -0.381 e. The summed E-state index contributed by atoms with van der Waals surface area (Å²) in [5, 5.41) is 0. The van der Waals surface area contributed by atoms with Crippen molar-refractivity contribution < 1.29 is 4.74 Å². The second-order valence-corrected chi connectivity index (χ2v) is 4.09. The zero-order chi connectivity index (χ0) is 10.5. The molecule has 0 aliphatic carbocycles. The Kier molecular flexibility index (Phi) is 12.9. The lowest BCUT2D eigenvalue weighted by atomic mass is 10.1. The van der Waals surface area contributed by atoms with Gasteiger partial charge in [-0.2, -0.15) is 0 Å². The van der Waals surface area contributed by atoms with Gasteiger partial charge in [0.15, 0.2) is 0 Å². The summed E-state index contributed by atoms with van der Waals surface area (Å²) in [6.07, 6.45) is 12.2. The largest absolute Gasteiger partial charge is 0.381 e. The fraction of sp³-hybridized carbons (Fsp3) is 1.00. The summed E-state index contributed by atoms with van der Waals surface area (Å²) >= 11 is 0. The van der Waals surface area contributed by atoms with E-state index in [1.165, 1.54) is 51.4 Å². The smallest absolute Gasteiger partial charge is 0.0466 e. The molecular weight excluding hydrogens is 172 g/mol. The average Bonchev–Trinajstić information content (AvgIpc) is 2.21. The van der Waals surface area contributed by atoms with Gasteiger partial charge in [0.25, 0.3) is 0 Å². The quantitative estimate of drug-likeness (QED) is 0.444. The van der Waals surface area contributed by atoms with E-state index < -0.39 is 0 Å². The third-order valence-corrected chi connectivity index (χ3v) is 2.49. The molecule has 0 unspecified atom stereocenters. The molecule has 0 aromatic carbocycles. The molecule has 14 heavy (non-hydrogen) atoms. The molecule has 0 aromatic rings. The molecule has 1 heteroatoms. The fourth-order valence-electron chi connectivity index (χ4n) is 1.58. The van der Waals surface area contributed by atoms with Crippen molar-refractivity contribution in [1.82, 2.24) is 0 Å². The molecule has 0 rings (SSSR count). The standard InChI is InChI=1S/C13H28O/c1-3-5-6-7-8-9-10-11-13-14-12-4-2/h3-13H2,1-2H3. The fourth-order valence-corrected chi connectivity index (χ4v) is 1.58. The van der Waals surface area contributed by atoms with Crippen LogP contribution in [0.2, 0.25) is 0 Å². The van der Waals surface area contributed by atoms with Gasteiger partial charge >= 0.3 is 0 Å². The van der Waals surface area contributed by atoms with Gasteiger partial charge in [-0.1, -0.05) is 58.8 Å². The Balaban J connectivity index is 2.78. The number of ether oxygens (including phenoxy) is 1. The van der Waals surface area contributed by atoms with Gasteiger partial charge in [0.2, 0.25) is 0 Å². The van der Waals surface area contributed by atoms with Crippen molar-refractivity contribution in [3.8, 4) is 0 Å². The molecular formula is C13H28O. The SMILES string of the molecule is CCCCCCCCCCOCCC. The molecule has 1 nitrogen and oxygen atoms in total. The van der Waals surface area contributed by atoms with Crippen LogP contribution in [0, 0.1) is 0 Å². The first-order valence-electron chi connectivity index (χ1n) is 6.49. The molecule has 0 aliphatic heterocycles. The monoisotopic (exact) mass is 200 g/mol. The van der Waals surface area contributed by atoms with Gasteiger partial charge in [-0.3, -0.25) is 0 Å². The van der Waals surface area contributed by atoms with Gasteiger partial charge in [0, 0.05) is 13.2 Å². The summed E-state index contributed by atoms with van der Waals surface area (Å²) < 4.78 is 5.43. The lowest BCUT2D eigenvalue weighted by Crippen LogP contribution is -1.95. The summed E-state index contributed by atoms with van der Waals surface area (Å²) in [5.41, 5.74) is 0. The van der Waals surface area contributed by atoms with Crippen molar-refractivity contribution in [1.29, 1.82) is 0 Å². The van der Waals surface area contributed by atoms with Crippen molar-refractivity contribution in [3.05, 3.63) is 0 Å². The van der Waals surface area contributed by atoms with Crippen LogP contribution < -0.4 is 0 Å². The Morgan fingerprint density at radius 2 is 1.14 bits per heavy atom. The summed E-state index contributed by atoms with van der Waals surface area (Å²) in [7, 11) is 0. The van der Waals surface area contributed by atoms with Gasteiger partial charge < -0.3 is 4.74 Å². The van der Waals surface area contributed by atoms with Crippen molar-refractivity contribution >= 4 is 0 Å². The highest BCUT2D eigenvalue weighted by atomic mass is 16.5. The maximum Gasteiger partial charge on any atom is 0.0466 e. The van der Waals surface area contributed by atoms with E-state index in [2.05, 4.69) is 13.8 Å². The van der Waals surface area contributed by atoms with E-state index >= 15 is 0 Å². The highest BCUT2D eigenvalue weighted by Gasteiger charge is 1.91. The molecule has 0 aromatic heterocycles. The van der Waals surface area contributed by atoms with Gasteiger partial charge in [-0.15, -0.1) is 0 Å². The Labute approximate surface area is 90.2 Å². The first-order valence-corrected chi connectivity index (χ1v) is 6.49. The van der Waals surface area contributed by atoms with E-state index in [-0.39, 0.29) is 0 Å². The minimum absolute atomic E-state index is 0.941. The van der Waals surface area contributed by atoms with E-state index in [0.717, 1.165) is 19.6 Å². The maximum atomic E-state index is 5.43. The van der Waals surface area contributed by atoms with Crippen LogP contribution in [0.3, 0.4) is 0 Å².